The molecule has 0 saturated heterocycles. The van der Waals surface area contributed by atoms with Crippen LogP contribution in [0.1, 0.15) is 55.5 Å². The lowest BCUT2D eigenvalue weighted by atomic mass is 9.99. The molecule has 1 aliphatic rings. The van der Waals surface area contributed by atoms with Gasteiger partial charge in [0.05, 0.1) is 17.7 Å². The molecular formula is C22H25ClN4O3. The Morgan fingerprint density at radius 3 is 2.70 bits per heavy atom. The maximum atomic E-state index is 13.0. The van der Waals surface area contributed by atoms with Gasteiger partial charge in [-0.15, -0.1) is 5.10 Å². The summed E-state index contributed by atoms with van der Waals surface area (Å²) in [6.07, 6.45) is 3.93. The lowest BCUT2D eigenvalue weighted by Crippen LogP contribution is -2.34. The number of carbonyl (C=O) groups excluding carboxylic acids is 1. The normalized spacial score (nSPS) is 14.9. The molecule has 1 aromatic carbocycles. The van der Waals surface area contributed by atoms with Crippen molar-refractivity contribution in [2.45, 2.75) is 45.6 Å². The summed E-state index contributed by atoms with van der Waals surface area (Å²) in [4.78, 5) is 28.8. The molecule has 8 heteroatoms. The van der Waals surface area contributed by atoms with Gasteiger partial charge in [-0.25, -0.2) is 4.52 Å². The van der Waals surface area contributed by atoms with E-state index in [-0.39, 0.29) is 23.4 Å². The van der Waals surface area contributed by atoms with E-state index in [1.807, 2.05) is 20.8 Å². The van der Waals surface area contributed by atoms with Crippen LogP contribution in [-0.2, 0) is 0 Å². The molecule has 30 heavy (non-hydrogen) atoms. The van der Waals surface area contributed by atoms with Gasteiger partial charge in [-0.3, -0.25) is 9.59 Å². The molecule has 1 amide bonds. The molecule has 3 aromatic rings. The fourth-order valence-electron chi connectivity index (χ4n) is 3.81. The second-order valence-corrected chi connectivity index (χ2v) is 8.56. The molecule has 1 fully saturated rings. The lowest BCUT2D eigenvalue weighted by molar-refractivity contribution is 0.0934. The zero-order chi connectivity index (χ0) is 21.6. The highest BCUT2D eigenvalue weighted by Gasteiger charge is 2.30. The molecule has 7 nitrogen and oxygen atoms in total. The van der Waals surface area contributed by atoms with E-state index < -0.39 is 0 Å². The molecule has 0 aliphatic heterocycles. The van der Waals surface area contributed by atoms with E-state index in [4.69, 9.17) is 16.3 Å². The number of benzene rings is 1. The Labute approximate surface area is 179 Å². The Kier molecular flexibility index (Phi) is 5.32. The number of amides is 1. The van der Waals surface area contributed by atoms with Crippen LogP contribution < -0.4 is 15.6 Å². The molecule has 0 unspecified atom stereocenters. The second-order valence-electron chi connectivity index (χ2n) is 8.16. The molecule has 0 radical (unpaired) electrons. The predicted octanol–water partition coefficient (Wildman–Crippen LogP) is 4.00. The number of hydrogen-bond acceptors (Lipinski definition) is 4. The maximum Gasteiger partial charge on any atom is 0.275 e. The molecule has 2 heterocycles. The number of rotatable bonds is 6. The van der Waals surface area contributed by atoms with Crippen molar-refractivity contribution in [3.05, 3.63) is 50.9 Å². The summed E-state index contributed by atoms with van der Waals surface area (Å²) in [5, 5.41) is 8.11. The number of nitrogens with zero attached hydrogens (tertiary/aromatic N) is 2. The van der Waals surface area contributed by atoms with Crippen molar-refractivity contribution < 1.29 is 9.53 Å². The third kappa shape index (κ3) is 3.69. The van der Waals surface area contributed by atoms with Gasteiger partial charge in [-0.05, 0) is 49.8 Å². The highest BCUT2D eigenvalue weighted by molar-refractivity contribution is 6.32. The van der Waals surface area contributed by atoms with Crippen LogP contribution in [0, 0.1) is 5.92 Å². The largest absolute Gasteiger partial charge is 0.495 e. The molecule has 1 aliphatic carbocycles. The minimum Gasteiger partial charge on any atom is -0.495 e. The van der Waals surface area contributed by atoms with Gasteiger partial charge in [0, 0.05) is 23.4 Å². The zero-order valence-electron chi connectivity index (χ0n) is 17.5. The summed E-state index contributed by atoms with van der Waals surface area (Å²) < 4.78 is 6.76. The van der Waals surface area contributed by atoms with Crippen LogP contribution in [0.5, 0.6) is 5.75 Å². The second kappa shape index (κ2) is 7.80. The first-order valence-electron chi connectivity index (χ1n) is 10.1. The first-order chi connectivity index (χ1) is 14.3. The van der Waals surface area contributed by atoms with E-state index in [0.717, 1.165) is 12.8 Å². The van der Waals surface area contributed by atoms with Crippen molar-refractivity contribution in [1.82, 2.24) is 19.9 Å². The first-order valence-corrected chi connectivity index (χ1v) is 10.5. The summed E-state index contributed by atoms with van der Waals surface area (Å²) in [7, 11) is 1.53. The summed E-state index contributed by atoms with van der Waals surface area (Å²) in [6, 6.07) is 5.27. The van der Waals surface area contributed by atoms with Crippen LogP contribution in [0.15, 0.2) is 29.2 Å². The average molecular weight is 429 g/mol. The number of H-pyrrole nitrogens is 1. The van der Waals surface area contributed by atoms with Gasteiger partial charge in [-0.2, -0.15) is 0 Å². The number of fused-ring (bicyclic) bond motifs is 1. The SMILES string of the molecule is COc1cc(-c2nn3cc(C(=O)N[C@H](C)C4CC4)c(C(C)C)c3c(=O)[nH]2)ccc1Cl. The van der Waals surface area contributed by atoms with E-state index >= 15 is 0 Å². The first kappa shape index (κ1) is 20.5. The Hall–Kier alpha value is -2.80. The summed E-state index contributed by atoms with van der Waals surface area (Å²) in [6.45, 7) is 5.96. The zero-order valence-corrected chi connectivity index (χ0v) is 18.2. The van der Waals surface area contributed by atoms with Gasteiger partial charge in [0.1, 0.15) is 11.3 Å². The number of hydrogen-bond donors (Lipinski definition) is 2. The molecule has 1 saturated carbocycles. The quantitative estimate of drug-likeness (QED) is 0.621. The van der Waals surface area contributed by atoms with Crippen molar-refractivity contribution in [1.29, 1.82) is 0 Å². The Bertz CT molecular complexity index is 1180. The molecular weight excluding hydrogens is 404 g/mol. The van der Waals surface area contributed by atoms with Gasteiger partial charge >= 0.3 is 0 Å². The van der Waals surface area contributed by atoms with E-state index in [1.54, 1.807) is 24.4 Å². The third-order valence-corrected chi connectivity index (χ3v) is 5.93. The molecule has 158 valence electrons. The number of aromatic nitrogens is 3. The Morgan fingerprint density at radius 2 is 2.07 bits per heavy atom. The number of ether oxygens (including phenoxy) is 1. The molecule has 0 spiro atoms. The predicted molar refractivity (Wildman–Crippen MR) is 117 cm³/mol. The monoisotopic (exact) mass is 428 g/mol. The Morgan fingerprint density at radius 1 is 1.33 bits per heavy atom. The number of nitrogens with one attached hydrogen (secondary N) is 2. The molecule has 2 aromatic heterocycles. The van der Waals surface area contributed by atoms with Crippen LogP contribution in [0.4, 0.5) is 0 Å². The smallest absolute Gasteiger partial charge is 0.275 e. The van der Waals surface area contributed by atoms with Crippen LogP contribution in [-0.4, -0.2) is 33.7 Å². The van der Waals surface area contributed by atoms with Gasteiger partial charge in [0.15, 0.2) is 5.82 Å². The van der Waals surface area contributed by atoms with Crippen molar-refractivity contribution in [2.24, 2.45) is 5.92 Å². The summed E-state index contributed by atoms with van der Waals surface area (Å²) >= 11 is 6.10. The molecule has 4 rings (SSSR count). The van der Waals surface area contributed by atoms with E-state index in [2.05, 4.69) is 15.4 Å². The van der Waals surface area contributed by atoms with E-state index in [1.165, 1.54) is 11.6 Å². The van der Waals surface area contributed by atoms with Crippen LogP contribution >= 0.6 is 11.6 Å². The fourth-order valence-corrected chi connectivity index (χ4v) is 4.01. The van der Waals surface area contributed by atoms with Gasteiger partial charge in [0.2, 0.25) is 0 Å². The van der Waals surface area contributed by atoms with Crippen molar-refractivity contribution >= 4 is 23.0 Å². The standard InChI is InChI=1S/C22H25ClN4O3/c1-11(2)18-15(21(28)24-12(3)13-5-6-13)10-27-19(18)22(29)25-20(26-27)14-7-8-16(23)17(9-14)30-4/h7-13H,5-6H2,1-4H3,(H,24,28)(H,25,26,29)/t12-/m1/s1. The van der Waals surface area contributed by atoms with Crippen LogP contribution in [0.3, 0.4) is 0 Å². The maximum absolute atomic E-state index is 13.0. The van der Waals surface area contributed by atoms with E-state index in [0.29, 0.717) is 44.7 Å². The van der Waals surface area contributed by atoms with Crippen molar-refractivity contribution in [3.8, 4) is 17.1 Å². The van der Waals surface area contributed by atoms with Gasteiger partial charge in [-0.1, -0.05) is 25.4 Å². The van der Waals surface area contributed by atoms with Crippen LogP contribution in [0.2, 0.25) is 5.02 Å². The number of methoxy groups -OCH3 is 1. The number of aromatic amines is 1. The van der Waals surface area contributed by atoms with E-state index in [9.17, 15) is 9.59 Å². The molecule has 0 bridgehead atoms. The third-order valence-electron chi connectivity index (χ3n) is 5.61. The summed E-state index contributed by atoms with van der Waals surface area (Å²) in [5.41, 5.74) is 1.93. The topological polar surface area (TPSA) is 88.5 Å². The Balaban J connectivity index is 1.81. The van der Waals surface area contributed by atoms with Gasteiger partial charge < -0.3 is 15.0 Å². The highest BCUT2D eigenvalue weighted by Crippen LogP contribution is 2.33. The lowest BCUT2D eigenvalue weighted by Gasteiger charge is -2.14. The van der Waals surface area contributed by atoms with Gasteiger partial charge in [0.25, 0.3) is 11.5 Å². The van der Waals surface area contributed by atoms with Crippen LogP contribution in [0.25, 0.3) is 16.9 Å². The molecule has 1 atom stereocenters. The van der Waals surface area contributed by atoms with Crippen molar-refractivity contribution in [2.75, 3.05) is 7.11 Å². The number of carbonyl (C=O) groups is 1. The van der Waals surface area contributed by atoms with Crippen molar-refractivity contribution in [3.63, 3.8) is 0 Å². The minimum atomic E-state index is -0.299. The minimum absolute atomic E-state index is 0.0173. The fraction of sp³-hybridized carbons (Fsp3) is 0.409. The highest BCUT2D eigenvalue weighted by atomic mass is 35.5. The summed E-state index contributed by atoms with van der Waals surface area (Å²) in [5.74, 6) is 1.21. The number of halogens is 1. The average Bonchev–Trinajstić information content (AvgIpc) is 3.48. The molecule has 2 N–H and O–H groups in total.